The molecule has 2 rings (SSSR count). The highest BCUT2D eigenvalue weighted by Crippen LogP contribution is 2.24. The fourth-order valence-electron chi connectivity index (χ4n) is 2.85. The number of nitrogens with zero attached hydrogens (tertiary/aromatic N) is 1. The molecule has 1 aliphatic rings. The van der Waals surface area contributed by atoms with Crippen LogP contribution in [-0.2, 0) is 16.0 Å². The number of nitrogens with one attached hydrogen (secondary N) is 1. The first-order valence-corrected chi connectivity index (χ1v) is 8.26. The zero-order chi connectivity index (χ0) is 17.6. The Morgan fingerprint density at radius 2 is 1.96 bits per heavy atom. The molecular formula is C18H28N2O4. The minimum atomic E-state index is -0.0993. The van der Waals surface area contributed by atoms with Gasteiger partial charge in [0.15, 0.2) is 0 Å². The third-order valence-electron chi connectivity index (χ3n) is 4.42. The van der Waals surface area contributed by atoms with Crippen LogP contribution in [0.2, 0.25) is 0 Å². The van der Waals surface area contributed by atoms with Crippen molar-refractivity contribution < 1.29 is 19.0 Å². The standard InChI is InChI=1S/C18H28N2O4/c1-18(2,20-7-9-24-10-8-20)13-19-17(21)12-14-11-15(22-3)5-6-16(14)23-4/h5-6,11H,7-10,12-13H2,1-4H3,(H,19,21). The van der Waals surface area contributed by atoms with E-state index in [1.165, 1.54) is 0 Å². The van der Waals surface area contributed by atoms with Crippen LogP contribution in [0, 0.1) is 0 Å². The number of benzene rings is 1. The lowest BCUT2D eigenvalue weighted by molar-refractivity contribution is -0.121. The number of carbonyl (C=O) groups is 1. The van der Waals surface area contributed by atoms with Gasteiger partial charge in [0.05, 0.1) is 33.9 Å². The van der Waals surface area contributed by atoms with E-state index in [2.05, 4.69) is 24.1 Å². The summed E-state index contributed by atoms with van der Waals surface area (Å²) in [7, 11) is 3.21. The summed E-state index contributed by atoms with van der Waals surface area (Å²) >= 11 is 0. The number of ether oxygens (including phenoxy) is 3. The van der Waals surface area contributed by atoms with Crippen LogP contribution in [-0.4, -0.2) is 63.4 Å². The van der Waals surface area contributed by atoms with Gasteiger partial charge in [-0.05, 0) is 32.0 Å². The van der Waals surface area contributed by atoms with E-state index in [1.807, 2.05) is 18.2 Å². The SMILES string of the molecule is COc1ccc(OC)c(CC(=O)NCC(C)(C)N2CCOCC2)c1. The summed E-state index contributed by atoms with van der Waals surface area (Å²) in [5, 5.41) is 3.04. The van der Waals surface area contributed by atoms with Crippen LogP contribution in [0.5, 0.6) is 11.5 Å². The quantitative estimate of drug-likeness (QED) is 0.817. The second kappa shape index (κ2) is 8.35. The van der Waals surface area contributed by atoms with Crippen LogP contribution in [0.4, 0.5) is 0 Å². The van der Waals surface area contributed by atoms with Crippen LogP contribution >= 0.6 is 0 Å². The second-order valence-corrected chi connectivity index (χ2v) is 6.54. The van der Waals surface area contributed by atoms with E-state index in [4.69, 9.17) is 14.2 Å². The van der Waals surface area contributed by atoms with Crippen molar-refractivity contribution in [2.75, 3.05) is 47.1 Å². The average Bonchev–Trinajstić information content (AvgIpc) is 2.60. The van der Waals surface area contributed by atoms with Gasteiger partial charge in [0.2, 0.25) is 5.91 Å². The molecule has 0 unspecified atom stereocenters. The molecule has 1 fully saturated rings. The molecule has 1 saturated heterocycles. The first-order valence-electron chi connectivity index (χ1n) is 8.26. The Hall–Kier alpha value is -1.79. The first-order chi connectivity index (χ1) is 11.5. The lowest BCUT2D eigenvalue weighted by Gasteiger charge is -2.40. The molecule has 1 N–H and O–H groups in total. The number of hydrogen-bond acceptors (Lipinski definition) is 5. The monoisotopic (exact) mass is 336 g/mol. The molecule has 24 heavy (non-hydrogen) atoms. The van der Waals surface area contributed by atoms with Gasteiger partial charge in [0.25, 0.3) is 0 Å². The zero-order valence-corrected chi connectivity index (χ0v) is 15.1. The normalized spacial score (nSPS) is 15.8. The Kier molecular flexibility index (Phi) is 6.45. The fraction of sp³-hybridized carbons (Fsp3) is 0.611. The molecule has 1 heterocycles. The number of rotatable bonds is 7. The van der Waals surface area contributed by atoms with Gasteiger partial charge in [-0.2, -0.15) is 0 Å². The first kappa shape index (κ1) is 18.5. The molecule has 0 aromatic heterocycles. The molecule has 1 aliphatic heterocycles. The van der Waals surface area contributed by atoms with E-state index in [9.17, 15) is 4.79 Å². The Morgan fingerprint density at radius 3 is 2.58 bits per heavy atom. The van der Waals surface area contributed by atoms with Gasteiger partial charge in [0, 0.05) is 30.7 Å². The molecule has 1 aromatic carbocycles. The lowest BCUT2D eigenvalue weighted by Crippen LogP contribution is -2.55. The van der Waals surface area contributed by atoms with Crippen molar-refractivity contribution >= 4 is 5.91 Å². The third kappa shape index (κ3) is 4.85. The molecule has 0 atom stereocenters. The van der Waals surface area contributed by atoms with Crippen LogP contribution < -0.4 is 14.8 Å². The molecule has 0 bridgehead atoms. The van der Waals surface area contributed by atoms with Crippen molar-refractivity contribution in [2.45, 2.75) is 25.8 Å². The zero-order valence-electron chi connectivity index (χ0n) is 15.1. The highest BCUT2D eigenvalue weighted by Gasteiger charge is 2.28. The van der Waals surface area contributed by atoms with Crippen molar-refractivity contribution in [3.8, 4) is 11.5 Å². The average molecular weight is 336 g/mol. The van der Waals surface area contributed by atoms with E-state index in [1.54, 1.807) is 14.2 Å². The van der Waals surface area contributed by atoms with Crippen LogP contribution in [0.3, 0.4) is 0 Å². The van der Waals surface area contributed by atoms with Gasteiger partial charge in [-0.25, -0.2) is 0 Å². The second-order valence-electron chi connectivity index (χ2n) is 6.54. The minimum Gasteiger partial charge on any atom is -0.497 e. The number of carbonyl (C=O) groups excluding carboxylic acids is 1. The Labute approximate surface area is 144 Å². The van der Waals surface area contributed by atoms with Gasteiger partial charge < -0.3 is 19.5 Å². The topological polar surface area (TPSA) is 60.0 Å². The van der Waals surface area contributed by atoms with Gasteiger partial charge in [0.1, 0.15) is 11.5 Å². The number of hydrogen-bond donors (Lipinski definition) is 1. The maximum Gasteiger partial charge on any atom is 0.224 e. The van der Waals surface area contributed by atoms with Crippen molar-refractivity contribution in [1.29, 1.82) is 0 Å². The molecular weight excluding hydrogens is 308 g/mol. The third-order valence-corrected chi connectivity index (χ3v) is 4.42. The smallest absolute Gasteiger partial charge is 0.224 e. The Balaban J connectivity index is 1.93. The maximum absolute atomic E-state index is 12.4. The molecule has 0 saturated carbocycles. The highest BCUT2D eigenvalue weighted by atomic mass is 16.5. The van der Waals surface area contributed by atoms with Crippen molar-refractivity contribution in [3.63, 3.8) is 0 Å². The van der Waals surface area contributed by atoms with E-state index in [-0.39, 0.29) is 17.9 Å². The predicted octanol–water partition coefficient (Wildman–Crippen LogP) is 1.47. The summed E-state index contributed by atoms with van der Waals surface area (Å²) in [4.78, 5) is 14.7. The van der Waals surface area contributed by atoms with Crippen molar-refractivity contribution in [3.05, 3.63) is 23.8 Å². The van der Waals surface area contributed by atoms with Crippen molar-refractivity contribution in [2.24, 2.45) is 0 Å². The fourth-order valence-corrected chi connectivity index (χ4v) is 2.85. The van der Waals surface area contributed by atoms with Crippen molar-refractivity contribution in [1.82, 2.24) is 10.2 Å². The molecule has 1 amide bonds. The minimum absolute atomic E-state index is 0.0251. The number of amides is 1. The van der Waals surface area contributed by atoms with Gasteiger partial charge in [-0.1, -0.05) is 0 Å². The van der Waals surface area contributed by atoms with E-state index in [0.717, 1.165) is 31.9 Å². The maximum atomic E-state index is 12.4. The highest BCUT2D eigenvalue weighted by molar-refractivity contribution is 5.79. The summed E-state index contributed by atoms with van der Waals surface area (Å²) in [5.74, 6) is 1.38. The summed E-state index contributed by atoms with van der Waals surface area (Å²) in [5.41, 5.74) is 0.719. The number of methoxy groups -OCH3 is 2. The molecule has 0 spiro atoms. The molecule has 6 heteroatoms. The summed E-state index contributed by atoms with van der Waals surface area (Å²) in [6.07, 6.45) is 0.263. The molecule has 0 radical (unpaired) electrons. The molecule has 134 valence electrons. The molecule has 1 aromatic rings. The van der Waals surface area contributed by atoms with E-state index in [0.29, 0.717) is 18.0 Å². The van der Waals surface area contributed by atoms with Gasteiger partial charge in [-0.15, -0.1) is 0 Å². The Morgan fingerprint density at radius 1 is 1.25 bits per heavy atom. The van der Waals surface area contributed by atoms with E-state index >= 15 is 0 Å². The van der Waals surface area contributed by atoms with Crippen LogP contribution in [0.15, 0.2) is 18.2 Å². The van der Waals surface area contributed by atoms with Gasteiger partial charge in [-0.3, -0.25) is 9.69 Å². The van der Waals surface area contributed by atoms with E-state index < -0.39 is 0 Å². The lowest BCUT2D eigenvalue weighted by atomic mass is 10.0. The summed E-state index contributed by atoms with van der Waals surface area (Å²) < 4.78 is 15.9. The molecule has 0 aliphatic carbocycles. The van der Waals surface area contributed by atoms with Gasteiger partial charge >= 0.3 is 0 Å². The molecule has 6 nitrogen and oxygen atoms in total. The summed E-state index contributed by atoms with van der Waals surface area (Å²) in [6.45, 7) is 8.17. The Bertz CT molecular complexity index is 554. The van der Waals surface area contributed by atoms with Crippen LogP contribution in [0.25, 0.3) is 0 Å². The number of morpholine rings is 1. The van der Waals surface area contributed by atoms with Crippen LogP contribution in [0.1, 0.15) is 19.4 Å². The predicted molar refractivity (Wildman–Crippen MR) is 92.7 cm³/mol. The summed E-state index contributed by atoms with van der Waals surface area (Å²) in [6, 6.07) is 5.48. The largest absolute Gasteiger partial charge is 0.497 e.